The van der Waals surface area contributed by atoms with Crippen LogP contribution in [-0.4, -0.2) is 49.3 Å². The quantitative estimate of drug-likeness (QED) is 0.0281. The summed E-state index contributed by atoms with van der Waals surface area (Å²) in [6.07, 6.45) is 37.8. The number of unbranched alkanes of at least 4 members (excludes halogenated alkanes) is 17. The van der Waals surface area contributed by atoms with Crippen molar-refractivity contribution in [2.75, 3.05) is 26.4 Å². The SMILES string of the molecule is CCCCCCCCCCC=CCC=CCCC(=O)OC(COC(=O)CCC=CCCCCCCCCCCC)COP(=O)(O)OCCN. The molecule has 0 radical (unpaired) electrons. The summed E-state index contributed by atoms with van der Waals surface area (Å²) in [7, 11) is -4.39. The van der Waals surface area contributed by atoms with Gasteiger partial charge in [-0.1, -0.05) is 147 Å². The zero-order valence-electron chi connectivity index (χ0n) is 31.2. The van der Waals surface area contributed by atoms with Gasteiger partial charge in [0.15, 0.2) is 6.10 Å². The van der Waals surface area contributed by atoms with Gasteiger partial charge in [0, 0.05) is 19.4 Å². The number of carbonyl (C=O) groups excluding carboxylic acids is 2. The van der Waals surface area contributed by atoms with E-state index in [1.807, 2.05) is 18.2 Å². The molecule has 9 nitrogen and oxygen atoms in total. The van der Waals surface area contributed by atoms with E-state index in [1.165, 1.54) is 103 Å². The van der Waals surface area contributed by atoms with Crippen molar-refractivity contribution in [3.63, 3.8) is 0 Å². The molecule has 0 aromatic carbocycles. The molecule has 0 aromatic heterocycles. The second-order valence-corrected chi connectivity index (χ2v) is 14.2. The van der Waals surface area contributed by atoms with Crippen molar-refractivity contribution in [1.29, 1.82) is 0 Å². The lowest BCUT2D eigenvalue weighted by molar-refractivity contribution is -0.161. The van der Waals surface area contributed by atoms with Crippen molar-refractivity contribution < 1.29 is 37.6 Å². The van der Waals surface area contributed by atoms with Crippen LogP contribution in [0.2, 0.25) is 0 Å². The molecular formula is C39H72NO8P. The zero-order valence-corrected chi connectivity index (χ0v) is 32.1. The number of nitrogens with two attached hydrogens (primary N) is 1. The molecule has 0 bridgehead atoms. The van der Waals surface area contributed by atoms with Crippen LogP contribution in [-0.2, 0) is 32.7 Å². The largest absolute Gasteiger partial charge is 0.472 e. The van der Waals surface area contributed by atoms with Crippen LogP contribution in [0.5, 0.6) is 0 Å². The lowest BCUT2D eigenvalue weighted by atomic mass is 10.1. The van der Waals surface area contributed by atoms with Gasteiger partial charge in [0.1, 0.15) is 6.61 Å². The molecule has 10 heteroatoms. The van der Waals surface area contributed by atoms with Crippen molar-refractivity contribution in [1.82, 2.24) is 0 Å². The minimum Gasteiger partial charge on any atom is -0.462 e. The third-order valence-electron chi connectivity index (χ3n) is 8.03. The van der Waals surface area contributed by atoms with Crippen molar-refractivity contribution in [3.8, 4) is 0 Å². The number of carbonyl (C=O) groups is 2. The fourth-order valence-corrected chi connectivity index (χ4v) is 5.88. The number of allylic oxidation sites excluding steroid dienone is 6. The van der Waals surface area contributed by atoms with E-state index in [-0.39, 0.29) is 32.6 Å². The lowest BCUT2D eigenvalue weighted by Gasteiger charge is -2.19. The number of phosphoric acid groups is 1. The highest BCUT2D eigenvalue weighted by atomic mass is 31.2. The molecule has 0 spiro atoms. The van der Waals surface area contributed by atoms with E-state index < -0.39 is 32.5 Å². The Kier molecular flexibility index (Phi) is 34.7. The molecule has 0 amide bonds. The van der Waals surface area contributed by atoms with Crippen LogP contribution in [0.25, 0.3) is 0 Å². The summed E-state index contributed by atoms with van der Waals surface area (Å²) in [5.41, 5.74) is 5.32. The van der Waals surface area contributed by atoms with Crippen LogP contribution in [0.1, 0.15) is 168 Å². The van der Waals surface area contributed by atoms with E-state index in [0.717, 1.165) is 25.7 Å². The normalized spacial score (nSPS) is 13.8. The maximum Gasteiger partial charge on any atom is 0.472 e. The molecule has 0 heterocycles. The summed E-state index contributed by atoms with van der Waals surface area (Å²) in [5, 5.41) is 0. The van der Waals surface area contributed by atoms with Crippen LogP contribution in [0.15, 0.2) is 36.5 Å². The van der Waals surface area contributed by atoms with Gasteiger partial charge in [-0.25, -0.2) is 4.57 Å². The molecule has 0 saturated heterocycles. The Balaban J connectivity index is 4.34. The standard InChI is InChI=1S/C39H72NO8P/c1-3-5-7-9-11-13-15-17-18-20-22-24-26-28-30-32-39(42)48-37(36-47-49(43,44)46-34-33-40)35-45-38(41)31-29-27-25-23-21-19-16-14-12-10-8-6-4-2/h20,22,25-28,37H,3-19,21,23-24,29-36,40H2,1-2H3,(H,43,44). The van der Waals surface area contributed by atoms with Gasteiger partial charge in [-0.3, -0.25) is 18.6 Å². The maximum atomic E-state index is 12.5. The summed E-state index contributed by atoms with van der Waals surface area (Å²) >= 11 is 0. The van der Waals surface area contributed by atoms with Crippen LogP contribution in [0.4, 0.5) is 0 Å². The Morgan fingerprint density at radius 2 is 1.06 bits per heavy atom. The van der Waals surface area contributed by atoms with Gasteiger partial charge < -0.3 is 20.1 Å². The molecule has 0 aliphatic rings. The van der Waals surface area contributed by atoms with E-state index in [0.29, 0.717) is 12.8 Å². The van der Waals surface area contributed by atoms with E-state index in [9.17, 15) is 19.0 Å². The average Bonchev–Trinajstić information content (AvgIpc) is 3.08. The fourth-order valence-electron chi connectivity index (χ4n) is 5.12. The predicted molar refractivity (Wildman–Crippen MR) is 201 cm³/mol. The van der Waals surface area contributed by atoms with E-state index in [1.54, 1.807) is 0 Å². The monoisotopic (exact) mass is 713 g/mol. The van der Waals surface area contributed by atoms with E-state index in [2.05, 4.69) is 32.1 Å². The topological polar surface area (TPSA) is 134 Å². The van der Waals surface area contributed by atoms with Crippen molar-refractivity contribution in [2.45, 2.75) is 174 Å². The molecule has 0 saturated carbocycles. The minimum absolute atomic E-state index is 0.0418. The Bertz CT molecular complexity index is 907. The van der Waals surface area contributed by atoms with E-state index >= 15 is 0 Å². The minimum atomic E-state index is -4.39. The van der Waals surface area contributed by atoms with Crippen LogP contribution in [0.3, 0.4) is 0 Å². The van der Waals surface area contributed by atoms with E-state index in [4.69, 9.17) is 24.3 Å². The number of hydrogen-bond acceptors (Lipinski definition) is 8. The molecular weight excluding hydrogens is 641 g/mol. The third kappa shape index (κ3) is 35.8. The molecule has 0 fully saturated rings. The first-order chi connectivity index (χ1) is 23.8. The molecule has 49 heavy (non-hydrogen) atoms. The maximum absolute atomic E-state index is 12.5. The van der Waals surface area contributed by atoms with Crippen LogP contribution in [0, 0.1) is 0 Å². The Hall–Kier alpha value is -1.77. The molecule has 2 atom stereocenters. The van der Waals surface area contributed by atoms with Gasteiger partial charge in [-0.05, 0) is 44.9 Å². The van der Waals surface area contributed by atoms with Crippen LogP contribution >= 0.6 is 7.82 Å². The molecule has 0 aromatic rings. The molecule has 0 aliphatic heterocycles. The fraction of sp³-hybridized carbons (Fsp3) is 0.795. The number of phosphoric ester groups is 1. The number of ether oxygens (including phenoxy) is 2. The van der Waals surface area contributed by atoms with Gasteiger partial charge in [-0.15, -0.1) is 0 Å². The van der Waals surface area contributed by atoms with Crippen LogP contribution < -0.4 is 5.73 Å². The number of esters is 2. The van der Waals surface area contributed by atoms with Crippen molar-refractivity contribution in [2.24, 2.45) is 5.73 Å². The second kappa shape index (κ2) is 36.0. The first kappa shape index (κ1) is 47.2. The van der Waals surface area contributed by atoms with Crippen molar-refractivity contribution in [3.05, 3.63) is 36.5 Å². The molecule has 3 N–H and O–H groups in total. The molecule has 2 unspecified atom stereocenters. The summed E-state index contributed by atoms with van der Waals surface area (Å²) in [6, 6.07) is 0. The number of rotatable bonds is 36. The highest BCUT2D eigenvalue weighted by Crippen LogP contribution is 2.43. The first-order valence-electron chi connectivity index (χ1n) is 19.5. The summed E-state index contributed by atoms with van der Waals surface area (Å²) in [5.74, 6) is -0.964. The Morgan fingerprint density at radius 1 is 0.612 bits per heavy atom. The molecule has 286 valence electrons. The van der Waals surface area contributed by atoms with Gasteiger partial charge in [-0.2, -0.15) is 0 Å². The summed E-state index contributed by atoms with van der Waals surface area (Å²) < 4.78 is 32.5. The van der Waals surface area contributed by atoms with Gasteiger partial charge in [0.25, 0.3) is 0 Å². The molecule has 0 aliphatic carbocycles. The summed E-state index contributed by atoms with van der Waals surface area (Å²) in [4.78, 5) is 34.6. The summed E-state index contributed by atoms with van der Waals surface area (Å²) in [6.45, 7) is 3.61. The lowest BCUT2D eigenvalue weighted by Crippen LogP contribution is -2.29. The highest BCUT2D eigenvalue weighted by Gasteiger charge is 2.25. The zero-order chi connectivity index (χ0) is 36.1. The Labute approximate surface area is 299 Å². The van der Waals surface area contributed by atoms with Gasteiger partial charge in [0.05, 0.1) is 13.2 Å². The second-order valence-electron chi connectivity index (χ2n) is 12.8. The Morgan fingerprint density at radius 3 is 1.59 bits per heavy atom. The average molecular weight is 714 g/mol. The van der Waals surface area contributed by atoms with Gasteiger partial charge in [0.2, 0.25) is 0 Å². The third-order valence-corrected chi connectivity index (χ3v) is 9.01. The number of hydrogen-bond donors (Lipinski definition) is 2. The molecule has 0 rings (SSSR count). The van der Waals surface area contributed by atoms with Crippen molar-refractivity contribution >= 4 is 19.8 Å². The van der Waals surface area contributed by atoms with Gasteiger partial charge >= 0.3 is 19.8 Å². The predicted octanol–water partition coefficient (Wildman–Crippen LogP) is 10.6. The highest BCUT2D eigenvalue weighted by molar-refractivity contribution is 7.47. The smallest absolute Gasteiger partial charge is 0.462 e. The first-order valence-corrected chi connectivity index (χ1v) is 21.0.